The summed E-state index contributed by atoms with van der Waals surface area (Å²) in [4.78, 5) is 17.8. The number of nitrogen functional groups attached to an aromatic ring is 1. The molecule has 0 saturated heterocycles. The van der Waals surface area contributed by atoms with E-state index in [1.165, 1.54) is 6.20 Å². The second-order valence-corrected chi connectivity index (χ2v) is 4.11. The molecule has 0 aliphatic carbocycles. The molecule has 0 bridgehead atoms. The maximum absolute atomic E-state index is 12.3. The first-order valence-corrected chi connectivity index (χ1v) is 5.64. The Morgan fingerprint density at radius 3 is 2.67 bits per heavy atom. The number of pyridine rings is 1. The summed E-state index contributed by atoms with van der Waals surface area (Å²) in [5.74, 6) is -0.135. The lowest BCUT2D eigenvalue weighted by molar-refractivity contribution is 0.0993. The molecular formula is C14H15N3O. The van der Waals surface area contributed by atoms with Gasteiger partial charge in [0.15, 0.2) is 0 Å². The smallest absolute Gasteiger partial charge is 0.260 e. The van der Waals surface area contributed by atoms with Crippen LogP contribution in [0.2, 0.25) is 0 Å². The topological polar surface area (TPSA) is 59.2 Å². The summed E-state index contributed by atoms with van der Waals surface area (Å²) in [7, 11) is 1.74. The van der Waals surface area contributed by atoms with Crippen LogP contribution in [0, 0.1) is 6.92 Å². The van der Waals surface area contributed by atoms with Gasteiger partial charge in [0, 0.05) is 18.9 Å². The minimum atomic E-state index is -0.135. The fraction of sp³-hybridized carbons (Fsp3) is 0.143. The lowest BCUT2D eigenvalue weighted by atomic mass is 10.1. The van der Waals surface area contributed by atoms with Crippen LogP contribution in [0.3, 0.4) is 0 Å². The maximum atomic E-state index is 12.3. The molecule has 1 aromatic heterocycles. The number of carbonyl (C=O) groups is 1. The van der Waals surface area contributed by atoms with Gasteiger partial charge >= 0.3 is 0 Å². The van der Waals surface area contributed by atoms with E-state index in [-0.39, 0.29) is 5.91 Å². The molecule has 1 heterocycles. The van der Waals surface area contributed by atoms with Crippen molar-refractivity contribution in [3.05, 3.63) is 53.9 Å². The lowest BCUT2D eigenvalue weighted by Gasteiger charge is -2.20. The van der Waals surface area contributed by atoms with Gasteiger partial charge < -0.3 is 10.6 Å². The Kier molecular flexibility index (Phi) is 3.28. The van der Waals surface area contributed by atoms with Gasteiger partial charge in [-0.3, -0.25) is 9.78 Å². The average Bonchev–Trinajstić information content (AvgIpc) is 2.38. The zero-order chi connectivity index (χ0) is 13.1. The molecule has 0 spiro atoms. The second-order valence-electron chi connectivity index (χ2n) is 4.11. The van der Waals surface area contributed by atoms with Crippen LogP contribution in [0.5, 0.6) is 0 Å². The highest BCUT2D eigenvalue weighted by atomic mass is 16.2. The van der Waals surface area contributed by atoms with Crippen molar-refractivity contribution in [3.8, 4) is 0 Å². The predicted octanol–water partition coefficient (Wildman–Crippen LogP) is 2.25. The minimum Gasteiger partial charge on any atom is -0.397 e. The molecule has 0 fully saturated rings. The Bertz CT molecular complexity index is 581. The first-order chi connectivity index (χ1) is 8.61. The first kappa shape index (κ1) is 12.1. The van der Waals surface area contributed by atoms with Crippen molar-refractivity contribution in [2.75, 3.05) is 17.7 Å². The van der Waals surface area contributed by atoms with Crippen LogP contribution in [-0.4, -0.2) is 17.9 Å². The molecular weight excluding hydrogens is 226 g/mol. The van der Waals surface area contributed by atoms with Crippen molar-refractivity contribution in [3.63, 3.8) is 0 Å². The monoisotopic (exact) mass is 241 g/mol. The van der Waals surface area contributed by atoms with E-state index in [0.29, 0.717) is 11.3 Å². The summed E-state index contributed by atoms with van der Waals surface area (Å²) < 4.78 is 0. The van der Waals surface area contributed by atoms with E-state index in [2.05, 4.69) is 4.98 Å². The summed E-state index contributed by atoms with van der Waals surface area (Å²) in [5.41, 5.74) is 8.54. The largest absolute Gasteiger partial charge is 0.397 e. The number of rotatable bonds is 2. The number of aryl methyl sites for hydroxylation is 1. The highest BCUT2D eigenvalue weighted by Crippen LogP contribution is 2.21. The molecule has 0 aliphatic heterocycles. The molecule has 0 unspecified atom stereocenters. The number of nitrogens with two attached hydrogens (primary N) is 1. The number of amides is 1. The molecule has 1 amide bonds. The molecule has 4 heteroatoms. The van der Waals surface area contributed by atoms with E-state index in [1.54, 1.807) is 24.2 Å². The van der Waals surface area contributed by atoms with E-state index in [9.17, 15) is 4.79 Å². The molecule has 2 rings (SSSR count). The summed E-state index contributed by atoms with van der Waals surface area (Å²) in [6.07, 6.45) is 3.05. The zero-order valence-corrected chi connectivity index (χ0v) is 10.4. The van der Waals surface area contributed by atoms with Crippen molar-refractivity contribution in [2.24, 2.45) is 0 Å². The number of hydrogen-bond donors (Lipinski definition) is 1. The van der Waals surface area contributed by atoms with E-state index in [4.69, 9.17) is 5.73 Å². The van der Waals surface area contributed by atoms with Crippen LogP contribution in [0.4, 0.5) is 11.4 Å². The SMILES string of the molecule is Cc1ccccc1N(C)C(=O)c1ccncc1N. The molecule has 0 aliphatic rings. The van der Waals surface area contributed by atoms with E-state index in [0.717, 1.165) is 11.3 Å². The number of carbonyl (C=O) groups excluding carboxylic acids is 1. The van der Waals surface area contributed by atoms with Crippen molar-refractivity contribution in [1.29, 1.82) is 0 Å². The number of anilines is 2. The van der Waals surface area contributed by atoms with Crippen LogP contribution >= 0.6 is 0 Å². The summed E-state index contributed by atoms with van der Waals surface area (Å²) in [6, 6.07) is 9.35. The molecule has 0 radical (unpaired) electrons. The molecule has 92 valence electrons. The predicted molar refractivity (Wildman–Crippen MR) is 72.6 cm³/mol. The Morgan fingerprint density at radius 1 is 1.28 bits per heavy atom. The molecule has 0 saturated carbocycles. The van der Waals surface area contributed by atoms with Gasteiger partial charge in [-0.1, -0.05) is 18.2 Å². The molecule has 1 aromatic carbocycles. The van der Waals surface area contributed by atoms with Gasteiger partial charge in [-0.25, -0.2) is 0 Å². The number of aromatic nitrogens is 1. The Morgan fingerprint density at radius 2 is 2.00 bits per heavy atom. The summed E-state index contributed by atoms with van der Waals surface area (Å²) in [6.45, 7) is 1.97. The number of benzene rings is 1. The third-order valence-electron chi connectivity index (χ3n) is 2.86. The van der Waals surface area contributed by atoms with Crippen LogP contribution < -0.4 is 10.6 Å². The van der Waals surface area contributed by atoms with E-state index < -0.39 is 0 Å². The molecule has 4 nitrogen and oxygen atoms in total. The molecule has 2 aromatic rings. The Hall–Kier alpha value is -2.36. The average molecular weight is 241 g/mol. The van der Waals surface area contributed by atoms with Gasteiger partial charge in [0.2, 0.25) is 0 Å². The fourth-order valence-electron chi connectivity index (χ4n) is 1.83. The molecule has 2 N–H and O–H groups in total. The number of hydrogen-bond acceptors (Lipinski definition) is 3. The summed E-state index contributed by atoms with van der Waals surface area (Å²) >= 11 is 0. The fourth-order valence-corrected chi connectivity index (χ4v) is 1.83. The quantitative estimate of drug-likeness (QED) is 0.877. The number of para-hydroxylation sites is 1. The van der Waals surface area contributed by atoms with Crippen molar-refractivity contribution in [1.82, 2.24) is 4.98 Å². The van der Waals surface area contributed by atoms with Gasteiger partial charge in [-0.2, -0.15) is 0 Å². The Labute approximate surface area is 106 Å². The van der Waals surface area contributed by atoms with Crippen LogP contribution in [-0.2, 0) is 0 Å². The van der Waals surface area contributed by atoms with Gasteiger partial charge in [0.1, 0.15) is 0 Å². The van der Waals surface area contributed by atoms with Crippen LogP contribution in [0.1, 0.15) is 15.9 Å². The highest BCUT2D eigenvalue weighted by Gasteiger charge is 2.16. The Balaban J connectivity index is 2.36. The van der Waals surface area contributed by atoms with E-state index in [1.807, 2.05) is 31.2 Å². The molecule has 18 heavy (non-hydrogen) atoms. The van der Waals surface area contributed by atoms with Crippen LogP contribution in [0.25, 0.3) is 0 Å². The minimum absolute atomic E-state index is 0.135. The zero-order valence-electron chi connectivity index (χ0n) is 10.4. The van der Waals surface area contributed by atoms with E-state index >= 15 is 0 Å². The standard InChI is InChI=1S/C14H15N3O/c1-10-5-3-4-6-13(10)17(2)14(18)11-7-8-16-9-12(11)15/h3-9H,15H2,1-2H3. The third-order valence-corrected chi connectivity index (χ3v) is 2.86. The number of nitrogens with zero attached hydrogens (tertiary/aromatic N) is 2. The van der Waals surface area contributed by atoms with Crippen LogP contribution in [0.15, 0.2) is 42.7 Å². The van der Waals surface area contributed by atoms with Gasteiger partial charge in [-0.15, -0.1) is 0 Å². The molecule has 0 atom stereocenters. The lowest BCUT2D eigenvalue weighted by Crippen LogP contribution is -2.27. The maximum Gasteiger partial charge on any atom is 0.260 e. The normalized spacial score (nSPS) is 10.1. The third kappa shape index (κ3) is 2.18. The van der Waals surface area contributed by atoms with Gasteiger partial charge in [-0.05, 0) is 24.6 Å². The highest BCUT2D eigenvalue weighted by molar-refractivity contribution is 6.09. The van der Waals surface area contributed by atoms with Gasteiger partial charge in [0.25, 0.3) is 5.91 Å². The van der Waals surface area contributed by atoms with Crippen molar-refractivity contribution in [2.45, 2.75) is 6.92 Å². The van der Waals surface area contributed by atoms with Gasteiger partial charge in [0.05, 0.1) is 17.4 Å². The van der Waals surface area contributed by atoms with Crippen molar-refractivity contribution >= 4 is 17.3 Å². The summed E-state index contributed by atoms with van der Waals surface area (Å²) in [5, 5.41) is 0. The second kappa shape index (κ2) is 4.87. The first-order valence-electron chi connectivity index (χ1n) is 5.64. The van der Waals surface area contributed by atoms with Crippen molar-refractivity contribution < 1.29 is 4.79 Å².